The molecule has 2 aromatic heterocycles. The molecule has 172 valence electrons. The third-order valence-corrected chi connectivity index (χ3v) is 6.60. The second-order valence-electron chi connectivity index (χ2n) is 8.45. The molecule has 1 aromatic carbocycles. The van der Waals surface area contributed by atoms with Crippen molar-refractivity contribution in [2.75, 3.05) is 55.6 Å². The number of piperazine rings is 1. The smallest absolute Gasteiger partial charge is 0.332 e. The van der Waals surface area contributed by atoms with Gasteiger partial charge in [0.15, 0.2) is 11.2 Å². The molecule has 5 rings (SSSR count). The lowest BCUT2D eigenvalue weighted by molar-refractivity contribution is 0.261. The van der Waals surface area contributed by atoms with Crippen LogP contribution in [-0.2, 0) is 20.6 Å². The first kappa shape index (κ1) is 22.4. The summed E-state index contributed by atoms with van der Waals surface area (Å²) >= 11 is 0. The average Bonchev–Trinajstić information content (AvgIpc) is 3.21. The first-order chi connectivity index (χ1) is 15.0. The minimum Gasteiger partial charge on any atom is -0.369 e. The van der Waals surface area contributed by atoms with Crippen molar-refractivity contribution in [3.63, 3.8) is 0 Å². The maximum absolute atomic E-state index is 12.8. The molecule has 2 aliphatic heterocycles. The largest absolute Gasteiger partial charge is 0.369 e. The molecule has 0 spiro atoms. The van der Waals surface area contributed by atoms with Crippen molar-refractivity contribution in [1.29, 1.82) is 0 Å². The first-order valence-electron chi connectivity index (χ1n) is 11.0. The van der Waals surface area contributed by atoms with Crippen LogP contribution in [-0.4, -0.2) is 69.4 Å². The highest BCUT2D eigenvalue weighted by Crippen LogP contribution is 2.24. The molecule has 0 saturated carbocycles. The van der Waals surface area contributed by atoms with Crippen molar-refractivity contribution in [2.45, 2.75) is 13.0 Å². The molecular weight excluding hydrogens is 430 g/mol. The molecule has 9 nitrogen and oxygen atoms in total. The molecule has 4 heterocycles. The van der Waals surface area contributed by atoms with Crippen molar-refractivity contribution in [3.8, 4) is 0 Å². The SMILES string of the molecule is Cl.Cn1c(=O)c2c(nc3n2CCCN3CCN2CCN(c3ccccc3)CC2)n(C)c1=O. The van der Waals surface area contributed by atoms with Crippen molar-refractivity contribution >= 4 is 35.2 Å². The molecule has 3 aromatic rings. The number of aromatic nitrogens is 4. The van der Waals surface area contributed by atoms with E-state index in [4.69, 9.17) is 4.98 Å². The lowest BCUT2D eigenvalue weighted by Crippen LogP contribution is -2.49. The molecule has 1 fully saturated rings. The number of imidazole rings is 1. The van der Waals surface area contributed by atoms with Gasteiger partial charge in [-0.3, -0.25) is 18.8 Å². The number of aryl methyl sites for hydroxylation is 2. The van der Waals surface area contributed by atoms with Gasteiger partial charge in [-0.1, -0.05) is 18.2 Å². The highest BCUT2D eigenvalue weighted by molar-refractivity contribution is 5.85. The fraction of sp³-hybridized carbons (Fsp3) is 0.500. The van der Waals surface area contributed by atoms with Gasteiger partial charge in [0.1, 0.15) is 0 Å². The predicted octanol–water partition coefficient (Wildman–Crippen LogP) is 0.888. The fourth-order valence-electron chi connectivity index (χ4n) is 4.75. The summed E-state index contributed by atoms with van der Waals surface area (Å²) in [6.07, 6.45) is 0.965. The molecule has 0 N–H and O–H groups in total. The Morgan fingerprint density at radius 1 is 0.875 bits per heavy atom. The molecule has 0 amide bonds. The van der Waals surface area contributed by atoms with Crippen LogP contribution in [0, 0.1) is 0 Å². The zero-order valence-corrected chi connectivity index (χ0v) is 19.4. The molecule has 0 bridgehead atoms. The number of nitrogens with zero attached hydrogens (tertiary/aromatic N) is 7. The number of anilines is 2. The van der Waals surface area contributed by atoms with E-state index in [1.54, 1.807) is 7.05 Å². The number of halogens is 1. The van der Waals surface area contributed by atoms with E-state index >= 15 is 0 Å². The maximum Gasteiger partial charge on any atom is 0.332 e. The van der Waals surface area contributed by atoms with E-state index in [0.717, 1.165) is 64.7 Å². The Morgan fingerprint density at radius 2 is 1.59 bits per heavy atom. The van der Waals surface area contributed by atoms with Gasteiger partial charge in [-0.05, 0) is 18.6 Å². The van der Waals surface area contributed by atoms with Crippen LogP contribution >= 0.6 is 12.4 Å². The number of fused-ring (bicyclic) bond motifs is 3. The third kappa shape index (κ3) is 3.80. The van der Waals surface area contributed by atoms with Gasteiger partial charge in [-0.15, -0.1) is 12.4 Å². The Balaban J connectivity index is 0.00000245. The molecule has 32 heavy (non-hydrogen) atoms. The highest BCUT2D eigenvalue weighted by atomic mass is 35.5. The van der Waals surface area contributed by atoms with Crippen LogP contribution in [0.4, 0.5) is 11.6 Å². The molecular formula is C22H30ClN7O2. The maximum atomic E-state index is 12.8. The first-order valence-corrected chi connectivity index (χ1v) is 11.0. The van der Waals surface area contributed by atoms with Gasteiger partial charge >= 0.3 is 5.69 Å². The van der Waals surface area contributed by atoms with Gasteiger partial charge in [0, 0.05) is 72.1 Å². The van der Waals surface area contributed by atoms with E-state index in [9.17, 15) is 9.59 Å². The number of hydrogen-bond acceptors (Lipinski definition) is 6. The predicted molar refractivity (Wildman–Crippen MR) is 129 cm³/mol. The minimum atomic E-state index is -0.337. The van der Waals surface area contributed by atoms with Gasteiger partial charge in [-0.2, -0.15) is 4.98 Å². The summed E-state index contributed by atoms with van der Waals surface area (Å²) in [5.74, 6) is 0.808. The van der Waals surface area contributed by atoms with Crippen LogP contribution < -0.4 is 21.0 Å². The van der Waals surface area contributed by atoms with E-state index in [1.807, 2.05) is 4.57 Å². The summed E-state index contributed by atoms with van der Waals surface area (Å²) in [4.78, 5) is 37.0. The summed E-state index contributed by atoms with van der Waals surface area (Å²) in [7, 11) is 3.21. The van der Waals surface area contributed by atoms with E-state index in [1.165, 1.54) is 21.9 Å². The van der Waals surface area contributed by atoms with Gasteiger partial charge < -0.3 is 14.4 Å². The van der Waals surface area contributed by atoms with Crippen molar-refractivity contribution in [1.82, 2.24) is 23.6 Å². The van der Waals surface area contributed by atoms with Gasteiger partial charge in [-0.25, -0.2) is 4.79 Å². The molecule has 0 atom stereocenters. The topological polar surface area (TPSA) is 71.5 Å². The van der Waals surface area contributed by atoms with Crippen LogP contribution in [0.5, 0.6) is 0 Å². The number of para-hydroxylation sites is 1. The van der Waals surface area contributed by atoms with Crippen LogP contribution in [0.3, 0.4) is 0 Å². The lowest BCUT2D eigenvalue weighted by atomic mass is 10.2. The number of benzene rings is 1. The van der Waals surface area contributed by atoms with E-state index in [2.05, 4.69) is 45.0 Å². The summed E-state index contributed by atoms with van der Waals surface area (Å²) in [5.41, 5.74) is 1.69. The molecule has 10 heteroatoms. The molecule has 2 aliphatic rings. The zero-order chi connectivity index (χ0) is 21.5. The van der Waals surface area contributed by atoms with Gasteiger partial charge in [0.05, 0.1) is 0 Å². The Labute approximate surface area is 192 Å². The number of hydrogen-bond donors (Lipinski definition) is 0. The second-order valence-corrected chi connectivity index (χ2v) is 8.45. The lowest BCUT2D eigenvalue weighted by Gasteiger charge is -2.37. The fourth-order valence-corrected chi connectivity index (χ4v) is 4.75. The normalized spacial score (nSPS) is 16.8. The Bertz CT molecular complexity index is 1210. The summed E-state index contributed by atoms with van der Waals surface area (Å²) < 4.78 is 4.64. The van der Waals surface area contributed by atoms with E-state index < -0.39 is 0 Å². The third-order valence-electron chi connectivity index (χ3n) is 6.60. The molecule has 1 saturated heterocycles. The quantitative estimate of drug-likeness (QED) is 0.577. The van der Waals surface area contributed by atoms with Crippen LogP contribution in [0.25, 0.3) is 11.2 Å². The highest BCUT2D eigenvalue weighted by Gasteiger charge is 2.26. The van der Waals surface area contributed by atoms with Crippen molar-refractivity contribution in [3.05, 3.63) is 51.2 Å². The standard InChI is InChI=1S/C22H29N7O2.ClH/c1-24-19-18(20(30)25(2)22(24)31)29-10-6-9-28(21(29)23-19)16-13-26-11-14-27(15-12-26)17-7-4-3-5-8-17;/h3-5,7-8H,6,9-16H2,1-2H3;1H. The summed E-state index contributed by atoms with van der Waals surface area (Å²) in [6, 6.07) is 10.6. The van der Waals surface area contributed by atoms with Crippen LogP contribution in [0.1, 0.15) is 6.42 Å². The number of rotatable bonds is 4. The monoisotopic (exact) mass is 459 g/mol. The van der Waals surface area contributed by atoms with Crippen molar-refractivity contribution in [2.24, 2.45) is 14.1 Å². The Kier molecular flexibility index (Phi) is 6.30. The average molecular weight is 460 g/mol. The molecule has 0 unspecified atom stereocenters. The van der Waals surface area contributed by atoms with E-state index in [0.29, 0.717) is 11.2 Å². The van der Waals surface area contributed by atoms with E-state index in [-0.39, 0.29) is 23.7 Å². The second kappa shape index (κ2) is 8.99. The summed E-state index contributed by atoms with van der Waals surface area (Å²) in [6.45, 7) is 7.63. The van der Waals surface area contributed by atoms with Crippen LogP contribution in [0.15, 0.2) is 39.9 Å². The zero-order valence-electron chi connectivity index (χ0n) is 18.6. The molecule has 0 aliphatic carbocycles. The summed E-state index contributed by atoms with van der Waals surface area (Å²) in [5, 5.41) is 0. The Morgan fingerprint density at radius 3 is 2.31 bits per heavy atom. The van der Waals surface area contributed by atoms with Gasteiger partial charge in [0.2, 0.25) is 5.95 Å². The minimum absolute atomic E-state index is 0. The molecule has 0 radical (unpaired) electrons. The van der Waals surface area contributed by atoms with Gasteiger partial charge in [0.25, 0.3) is 5.56 Å². The Hall–Kier alpha value is -2.78. The van der Waals surface area contributed by atoms with Crippen molar-refractivity contribution < 1.29 is 0 Å². The van der Waals surface area contributed by atoms with Crippen LogP contribution in [0.2, 0.25) is 0 Å².